The normalized spacial score (nSPS) is 12.2. The third kappa shape index (κ3) is 5.32. The number of sulfone groups is 1. The fourth-order valence-electron chi connectivity index (χ4n) is 3.68. The standard InChI is InChI=1S/C23H25FN8O5S/c1-14(10-19-26-11-15(24)12-27-19)38(34,35)13-20-28-29-22(16-8-9-31(30-16)23(33)25-2)32(20)21-17(36-3)6-5-7-18(21)37-4/h5-9,11-12,14H,10,13H2,1-4H3,(H,25,33)/t14-/m0/s1. The van der Waals surface area contributed by atoms with E-state index in [1.165, 1.54) is 39.0 Å². The maximum Gasteiger partial charge on any atom is 0.341 e. The Balaban J connectivity index is 1.81. The zero-order chi connectivity index (χ0) is 27.4. The average molecular weight is 545 g/mol. The number of halogens is 1. The molecule has 0 aliphatic rings. The number of carbonyl (C=O) groups excluding carboxylic acids is 1. The van der Waals surface area contributed by atoms with Gasteiger partial charge in [-0.2, -0.15) is 9.78 Å². The molecule has 4 rings (SSSR count). The number of rotatable bonds is 9. The molecule has 0 aliphatic carbocycles. The molecule has 0 radical (unpaired) electrons. The van der Waals surface area contributed by atoms with E-state index in [1.807, 2.05) is 0 Å². The summed E-state index contributed by atoms with van der Waals surface area (Å²) in [5.41, 5.74) is 0.609. The molecular formula is C23H25FN8O5S. The fourth-order valence-corrected chi connectivity index (χ4v) is 4.92. The quantitative estimate of drug-likeness (QED) is 0.330. The van der Waals surface area contributed by atoms with E-state index in [0.29, 0.717) is 17.2 Å². The van der Waals surface area contributed by atoms with Crippen LogP contribution in [-0.4, -0.2) is 75.5 Å². The van der Waals surface area contributed by atoms with Crippen molar-refractivity contribution >= 4 is 15.9 Å². The second-order valence-electron chi connectivity index (χ2n) is 8.13. The number of nitrogens with one attached hydrogen (secondary N) is 1. The van der Waals surface area contributed by atoms with Gasteiger partial charge in [-0.1, -0.05) is 6.07 Å². The van der Waals surface area contributed by atoms with Crippen molar-refractivity contribution in [1.82, 2.24) is 39.8 Å². The van der Waals surface area contributed by atoms with Gasteiger partial charge in [-0.15, -0.1) is 10.2 Å². The summed E-state index contributed by atoms with van der Waals surface area (Å²) >= 11 is 0. The molecule has 0 unspecified atom stereocenters. The van der Waals surface area contributed by atoms with Crippen molar-refractivity contribution in [3.05, 3.63) is 60.3 Å². The highest BCUT2D eigenvalue weighted by molar-refractivity contribution is 7.91. The first kappa shape index (κ1) is 26.7. The van der Waals surface area contributed by atoms with Gasteiger partial charge in [0.1, 0.15) is 34.5 Å². The Morgan fingerprint density at radius 2 is 1.76 bits per heavy atom. The number of ether oxygens (including phenoxy) is 2. The highest BCUT2D eigenvalue weighted by Gasteiger charge is 2.30. The lowest BCUT2D eigenvalue weighted by Gasteiger charge is -2.18. The van der Waals surface area contributed by atoms with Crippen LogP contribution in [0.2, 0.25) is 0 Å². The van der Waals surface area contributed by atoms with Gasteiger partial charge in [0.25, 0.3) is 0 Å². The van der Waals surface area contributed by atoms with Crippen molar-refractivity contribution in [1.29, 1.82) is 0 Å². The number of methoxy groups -OCH3 is 2. The van der Waals surface area contributed by atoms with Crippen LogP contribution in [0.4, 0.5) is 9.18 Å². The van der Waals surface area contributed by atoms with Crippen molar-refractivity contribution in [3.8, 4) is 28.7 Å². The summed E-state index contributed by atoms with van der Waals surface area (Å²) < 4.78 is 53.6. The van der Waals surface area contributed by atoms with Crippen molar-refractivity contribution in [2.24, 2.45) is 0 Å². The van der Waals surface area contributed by atoms with E-state index in [4.69, 9.17) is 9.47 Å². The molecule has 38 heavy (non-hydrogen) atoms. The lowest BCUT2D eigenvalue weighted by atomic mass is 10.2. The number of aromatic nitrogens is 7. The molecule has 3 aromatic heterocycles. The van der Waals surface area contributed by atoms with Crippen LogP contribution >= 0.6 is 0 Å². The van der Waals surface area contributed by atoms with Crippen LogP contribution in [-0.2, 0) is 22.0 Å². The topological polar surface area (TPSA) is 156 Å². The molecule has 4 aromatic rings. The lowest BCUT2D eigenvalue weighted by molar-refractivity contribution is 0.241. The average Bonchev–Trinajstić information content (AvgIpc) is 3.56. The first-order valence-electron chi connectivity index (χ1n) is 11.3. The molecule has 0 saturated heterocycles. The molecule has 0 spiro atoms. The zero-order valence-corrected chi connectivity index (χ0v) is 21.8. The van der Waals surface area contributed by atoms with Gasteiger partial charge in [-0.3, -0.25) is 4.57 Å². The van der Waals surface area contributed by atoms with E-state index in [2.05, 4.69) is 30.6 Å². The highest BCUT2D eigenvalue weighted by Crippen LogP contribution is 2.36. The zero-order valence-electron chi connectivity index (χ0n) is 21.0. The molecule has 1 amide bonds. The lowest BCUT2D eigenvalue weighted by Crippen LogP contribution is -2.25. The van der Waals surface area contributed by atoms with E-state index in [9.17, 15) is 17.6 Å². The fraction of sp³-hybridized carbons (Fsp3) is 0.304. The third-order valence-electron chi connectivity index (χ3n) is 5.68. The number of para-hydroxylation sites is 1. The predicted molar refractivity (Wildman–Crippen MR) is 133 cm³/mol. The van der Waals surface area contributed by atoms with Crippen LogP contribution in [0.3, 0.4) is 0 Å². The van der Waals surface area contributed by atoms with Crippen molar-refractivity contribution in [2.45, 2.75) is 24.3 Å². The summed E-state index contributed by atoms with van der Waals surface area (Å²) in [5.74, 6) is 0.00871. The van der Waals surface area contributed by atoms with Gasteiger partial charge in [0.05, 0.1) is 31.9 Å². The minimum Gasteiger partial charge on any atom is -0.494 e. The SMILES string of the molecule is CNC(=O)n1ccc(-c2nnc(CS(=O)(=O)[C@@H](C)Cc3ncc(F)cn3)n2-c2c(OC)cccc2OC)n1. The van der Waals surface area contributed by atoms with E-state index in [-0.39, 0.29) is 29.6 Å². The Hall–Kier alpha value is -4.40. The summed E-state index contributed by atoms with van der Waals surface area (Å²) in [6.45, 7) is 1.51. The van der Waals surface area contributed by atoms with Gasteiger partial charge in [0.2, 0.25) is 0 Å². The van der Waals surface area contributed by atoms with Gasteiger partial charge < -0.3 is 14.8 Å². The molecule has 0 saturated carbocycles. The summed E-state index contributed by atoms with van der Waals surface area (Å²) in [6, 6.07) is 6.14. The molecule has 15 heteroatoms. The minimum atomic E-state index is -3.84. The Bertz CT molecular complexity index is 1530. The van der Waals surface area contributed by atoms with Gasteiger partial charge in [0.15, 0.2) is 27.3 Å². The molecular weight excluding hydrogens is 519 g/mol. The Kier molecular flexibility index (Phi) is 7.66. The molecule has 0 fully saturated rings. The van der Waals surface area contributed by atoms with Crippen molar-refractivity contribution < 1.29 is 27.1 Å². The molecule has 0 bridgehead atoms. The summed E-state index contributed by atoms with van der Waals surface area (Å²) in [6.07, 6.45) is 3.37. The molecule has 0 aliphatic heterocycles. The van der Waals surface area contributed by atoms with Crippen LogP contribution in [0.15, 0.2) is 42.9 Å². The van der Waals surface area contributed by atoms with E-state index < -0.39 is 32.7 Å². The molecule has 13 nitrogen and oxygen atoms in total. The first-order chi connectivity index (χ1) is 18.2. The summed E-state index contributed by atoms with van der Waals surface area (Å²) in [4.78, 5) is 19.8. The molecule has 1 N–H and O–H groups in total. The van der Waals surface area contributed by atoms with Crippen LogP contribution < -0.4 is 14.8 Å². The Morgan fingerprint density at radius 3 is 2.37 bits per heavy atom. The van der Waals surface area contributed by atoms with E-state index in [1.54, 1.807) is 24.3 Å². The third-order valence-corrected chi connectivity index (χ3v) is 7.74. The van der Waals surface area contributed by atoms with Crippen LogP contribution in [0.25, 0.3) is 17.2 Å². The number of amides is 1. The van der Waals surface area contributed by atoms with Gasteiger partial charge in [-0.05, 0) is 25.1 Å². The second kappa shape index (κ2) is 10.9. The van der Waals surface area contributed by atoms with Gasteiger partial charge in [-0.25, -0.2) is 27.6 Å². The second-order valence-corrected chi connectivity index (χ2v) is 10.5. The Labute approximate surface area is 217 Å². The molecule has 1 aromatic carbocycles. The number of nitrogens with zero attached hydrogens (tertiary/aromatic N) is 7. The smallest absolute Gasteiger partial charge is 0.341 e. The first-order valence-corrected chi connectivity index (χ1v) is 13.0. The summed E-state index contributed by atoms with van der Waals surface area (Å²) in [7, 11) is 0.549. The maximum absolute atomic E-state index is 13.4. The predicted octanol–water partition coefficient (Wildman–Crippen LogP) is 1.81. The summed E-state index contributed by atoms with van der Waals surface area (Å²) in [5, 5.41) is 14.2. The van der Waals surface area contributed by atoms with E-state index >= 15 is 0 Å². The van der Waals surface area contributed by atoms with Gasteiger partial charge in [0, 0.05) is 19.7 Å². The molecule has 200 valence electrons. The van der Waals surface area contributed by atoms with E-state index in [0.717, 1.165) is 17.1 Å². The number of hydrogen-bond donors (Lipinski definition) is 1. The van der Waals surface area contributed by atoms with Crippen molar-refractivity contribution in [3.63, 3.8) is 0 Å². The Morgan fingerprint density at radius 1 is 1.11 bits per heavy atom. The highest BCUT2D eigenvalue weighted by atomic mass is 32.2. The van der Waals surface area contributed by atoms with Gasteiger partial charge >= 0.3 is 6.03 Å². The molecule has 1 atom stereocenters. The maximum atomic E-state index is 13.4. The van der Waals surface area contributed by atoms with Crippen LogP contribution in [0.1, 0.15) is 18.6 Å². The monoisotopic (exact) mass is 544 g/mol. The largest absolute Gasteiger partial charge is 0.494 e. The van der Waals surface area contributed by atoms with Crippen LogP contribution in [0, 0.1) is 5.82 Å². The minimum absolute atomic E-state index is 0.0296. The number of carbonyl (C=O) groups is 1. The number of hydrogen-bond acceptors (Lipinski definition) is 10. The molecule has 3 heterocycles. The number of benzene rings is 1. The van der Waals surface area contributed by atoms with Crippen LogP contribution in [0.5, 0.6) is 11.5 Å². The van der Waals surface area contributed by atoms with Crippen molar-refractivity contribution in [2.75, 3.05) is 21.3 Å².